The van der Waals surface area contributed by atoms with Gasteiger partial charge in [-0.1, -0.05) is 23.8 Å². The molecule has 2 amide bonds. The van der Waals surface area contributed by atoms with Gasteiger partial charge in [-0.15, -0.1) is 0 Å². The Morgan fingerprint density at radius 3 is 2.47 bits per heavy atom. The highest BCUT2D eigenvalue weighted by Gasteiger charge is 2.49. The van der Waals surface area contributed by atoms with Crippen molar-refractivity contribution in [1.29, 1.82) is 0 Å². The van der Waals surface area contributed by atoms with E-state index in [-0.39, 0.29) is 37.0 Å². The smallest absolute Gasteiger partial charge is 0.381 e. The first-order chi connectivity index (χ1) is 17.0. The first kappa shape index (κ1) is 24.6. The molecular formula is C23H18ClF5N4O3. The third kappa shape index (κ3) is 4.32. The molecule has 2 saturated heterocycles. The maximum atomic E-state index is 14.7. The van der Waals surface area contributed by atoms with Crippen molar-refractivity contribution in [2.45, 2.75) is 30.7 Å². The van der Waals surface area contributed by atoms with Crippen LogP contribution in [-0.2, 0) is 15.7 Å². The molecule has 190 valence electrons. The van der Waals surface area contributed by atoms with Crippen LogP contribution < -0.4 is 5.32 Å². The molecule has 2 aromatic rings. The molecule has 3 aliphatic rings. The Balaban J connectivity index is 1.42. The number of nitrogens with zero attached hydrogens (tertiary/aromatic N) is 3. The summed E-state index contributed by atoms with van der Waals surface area (Å²) in [5, 5.41) is 2.29. The van der Waals surface area contributed by atoms with Crippen molar-refractivity contribution >= 4 is 23.4 Å². The number of rotatable bonds is 5. The average molecular weight is 529 g/mol. The molecule has 0 spiro atoms. The van der Waals surface area contributed by atoms with Crippen LogP contribution in [0, 0.1) is 23.5 Å². The summed E-state index contributed by atoms with van der Waals surface area (Å²) in [6.45, 7) is 0.381. The largest absolute Gasteiger partial charge is 0.433 e. The molecule has 1 aromatic carbocycles. The molecule has 2 aliphatic heterocycles. The molecule has 0 bridgehead atoms. The van der Waals surface area contributed by atoms with E-state index in [0.717, 1.165) is 12.1 Å². The summed E-state index contributed by atoms with van der Waals surface area (Å²) < 4.78 is 73.3. The highest BCUT2D eigenvalue weighted by atomic mass is 35.5. The van der Waals surface area contributed by atoms with E-state index in [0.29, 0.717) is 12.4 Å². The van der Waals surface area contributed by atoms with Gasteiger partial charge in [0, 0.05) is 23.5 Å². The number of carbonyl (C=O) groups excluding carboxylic acids is 2. The van der Waals surface area contributed by atoms with E-state index >= 15 is 0 Å². The van der Waals surface area contributed by atoms with E-state index in [4.69, 9.17) is 16.3 Å². The summed E-state index contributed by atoms with van der Waals surface area (Å²) >= 11 is 5.66. The SMILES string of the molecule is O=C(N[C@@H](c1cc(F)c(Cl)cc1F)C1COC1)[C@H]1C[C@H]2C=C[C@H]2N1C(=O)c1cc(C(F)(F)F)ncn1. The van der Waals surface area contributed by atoms with E-state index in [2.05, 4.69) is 15.3 Å². The van der Waals surface area contributed by atoms with Gasteiger partial charge in [-0.3, -0.25) is 9.59 Å². The molecule has 0 unspecified atom stereocenters. The fourth-order valence-corrected chi connectivity index (χ4v) is 4.81. The van der Waals surface area contributed by atoms with Crippen LogP contribution in [0.25, 0.3) is 0 Å². The average Bonchev–Trinajstić information content (AvgIpc) is 3.03. The van der Waals surface area contributed by atoms with E-state index in [9.17, 15) is 31.5 Å². The number of alkyl halides is 3. The van der Waals surface area contributed by atoms with Crippen molar-refractivity contribution in [2.24, 2.45) is 11.8 Å². The molecule has 1 aliphatic carbocycles. The van der Waals surface area contributed by atoms with Crippen molar-refractivity contribution < 1.29 is 36.3 Å². The number of ether oxygens (including phenoxy) is 1. The number of benzene rings is 1. The Kier molecular flexibility index (Phi) is 6.19. The molecule has 36 heavy (non-hydrogen) atoms. The second kappa shape index (κ2) is 9.07. The fourth-order valence-electron chi connectivity index (χ4n) is 4.66. The summed E-state index contributed by atoms with van der Waals surface area (Å²) in [4.78, 5) is 34.7. The van der Waals surface area contributed by atoms with Gasteiger partial charge >= 0.3 is 6.18 Å². The van der Waals surface area contributed by atoms with Gasteiger partial charge in [0.05, 0.1) is 30.3 Å². The lowest BCUT2D eigenvalue weighted by Gasteiger charge is -2.36. The maximum absolute atomic E-state index is 14.7. The van der Waals surface area contributed by atoms with Gasteiger partial charge in [0.15, 0.2) is 0 Å². The van der Waals surface area contributed by atoms with Gasteiger partial charge in [-0.2, -0.15) is 13.2 Å². The van der Waals surface area contributed by atoms with Gasteiger partial charge in [0.25, 0.3) is 5.91 Å². The Morgan fingerprint density at radius 2 is 1.86 bits per heavy atom. The molecule has 0 radical (unpaired) electrons. The molecule has 0 saturated carbocycles. The number of carbonyl (C=O) groups is 2. The summed E-state index contributed by atoms with van der Waals surface area (Å²) in [6.07, 6.45) is -0.465. The van der Waals surface area contributed by atoms with Crippen LogP contribution in [0.1, 0.15) is 34.2 Å². The van der Waals surface area contributed by atoms with Crippen LogP contribution >= 0.6 is 11.6 Å². The van der Waals surface area contributed by atoms with Crippen LogP contribution in [0.3, 0.4) is 0 Å². The van der Waals surface area contributed by atoms with Crippen LogP contribution in [0.15, 0.2) is 36.7 Å². The number of fused-ring (bicyclic) bond motifs is 1. The summed E-state index contributed by atoms with van der Waals surface area (Å²) in [6, 6.07) is -0.301. The second-order valence-electron chi connectivity index (χ2n) is 8.86. The van der Waals surface area contributed by atoms with Crippen molar-refractivity contribution in [2.75, 3.05) is 13.2 Å². The highest BCUT2D eigenvalue weighted by Crippen LogP contribution is 2.40. The van der Waals surface area contributed by atoms with Gasteiger partial charge in [0.1, 0.15) is 35.4 Å². The first-order valence-electron chi connectivity index (χ1n) is 11.0. The number of nitrogens with one attached hydrogen (secondary N) is 1. The lowest BCUT2D eigenvalue weighted by Crippen LogP contribution is -2.52. The maximum Gasteiger partial charge on any atom is 0.433 e. The minimum atomic E-state index is -4.78. The number of hydrogen-bond donors (Lipinski definition) is 1. The number of amides is 2. The Hall–Kier alpha value is -3.12. The lowest BCUT2D eigenvalue weighted by atomic mass is 9.88. The third-order valence-electron chi connectivity index (χ3n) is 6.67. The molecule has 3 heterocycles. The van der Waals surface area contributed by atoms with E-state index in [1.165, 1.54) is 4.90 Å². The van der Waals surface area contributed by atoms with E-state index in [1.54, 1.807) is 12.2 Å². The molecule has 1 aromatic heterocycles. The van der Waals surface area contributed by atoms with Gasteiger partial charge in [-0.25, -0.2) is 18.7 Å². The number of hydrogen-bond acceptors (Lipinski definition) is 5. The lowest BCUT2D eigenvalue weighted by molar-refractivity contribution is -0.141. The molecule has 5 rings (SSSR count). The predicted octanol–water partition coefficient (Wildman–Crippen LogP) is 3.70. The Labute approximate surface area is 206 Å². The summed E-state index contributed by atoms with van der Waals surface area (Å²) in [7, 11) is 0. The fraction of sp³-hybridized carbons (Fsp3) is 0.391. The molecular weight excluding hydrogens is 511 g/mol. The third-order valence-corrected chi connectivity index (χ3v) is 6.96. The number of aromatic nitrogens is 2. The normalized spacial score (nSPS) is 24.1. The zero-order valence-corrected chi connectivity index (χ0v) is 19.1. The highest BCUT2D eigenvalue weighted by molar-refractivity contribution is 6.30. The monoisotopic (exact) mass is 528 g/mol. The van der Waals surface area contributed by atoms with Crippen LogP contribution in [0.2, 0.25) is 5.02 Å². The van der Waals surface area contributed by atoms with Crippen molar-refractivity contribution in [3.05, 3.63) is 70.3 Å². The molecule has 13 heteroatoms. The zero-order chi connectivity index (χ0) is 25.8. The Bertz CT molecular complexity index is 1250. The zero-order valence-electron chi connectivity index (χ0n) is 18.3. The van der Waals surface area contributed by atoms with Crippen LogP contribution in [-0.4, -0.2) is 52.0 Å². The number of likely N-dealkylation sites (tertiary alicyclic amines) is 1. The summed E-state index contributed by atoms with van der Waals surface area (Å²) in [5.41, 5.74) is -1.92. The number of halogens is 6. The van der Waals surface area contributed by atoms with Crippen molar-refractivity contribution in [3.63, 3.8) is 0 Å². The van der Waals surface area contributed by atoms with Crippen molar-refractivity contribution in [1.82, 2.24) is 20.2 Å². The standard InChI is InChI=1S/C23H18ClF5N4O3/c24-13-5-14(25)12(4-15(13)26)20(11-7-36-8-11)32-21(34)18-3-10-1-2-17(10)33(18)22(35)16-6-19(23(27,28)29)31-9-30-16/h1-2,4-6,9-11,17-18,20H,3,7-8H2,(H,32,34)/t10-,17-,18-,20-/m1/s1. The van der Waals surface area contributed by atoms with Crippen molar-refractivity contribution in [3.8, 4) is 0 Å². The predicted molar refractivity (Wildman–Crippen MR) is 115 cm³/mol. The van der Waals surface area contributed by atoms with E-state index in [1.807, 2.05) is 0 Å². The van der Waals surface area contributed by atoms with Gasteiger partial charge < -0.3 is 15.0 Å². The minimum Gasteiger partial charge on any atom is -0.381 e. The second-order valence-corrected chi connectivity index (χ2v) is 9.27. The summed E-state index contributed by atoms with van der Waals surface area (Å²) in [5.74, 6) is -3.75. The minimum absolute atomic E-state index is 0.124. The molecule has 1 N–H and O–H groups in total. The first-order valence-corrected chi connectivity index (χ1v) is 11.3. The van der Waals surface area contributed by atoms with Gasteiger partial charge in [0.2, 0.25) is 5.91 Å². The quantitative estimate of drug-likeness (QED) is 0.363. The molecule has 4 atom stereocenters. The molecule has 2 fully saturated rings. The molecule has 7 nitrogen and oxygen atoms in total. The topological polar surface area (TPSA) is 84.4 Å². The Morgan fingerprint density at radius 1 is 1.11 bits per heavy atom. The van der Waals surface area contributed by atoms with E-state index < -0.39 is 64.2 Å². The van der Waals surface area contributed by atoms with Crippen LogP contribution in [0.5, 0.6) is 0 Å². The van der Waals surface area contributed by atoms with Crippen LogP contribution in [0.4, 0.5) is 22.0 Å². The van der Waals surface area contributed by atoms with Gasteiger partial charge in [-0.05, 0) is 18.6 Å².